The van der Waals surface area contributed by atoms with Crippen LogP contribution in [0.1, 0.15) is 36.4 Å². The van der Waals surface area contributed by atoms with Crippen molar-refractivity contribution in [3.8, 4) is 5.75 Å². The Hall–Kier alpha value is -2.30. The van der Waals surface area contributed by atoms with E-state index >= 15 is 0 Å². The molecule has 0 saturated carbocycles. The Morgan fingerprint density at radius 3 is 2.52 bits per heavy atom. The molecule has 1 aromatic heterocycles. The largest absolute Gasteiger partial charge is 0.496 e. The SMILES string of the molecule is COc1ccccc1C(C)(C)C(=O)NCc1c(C)nn(C)c1C. The highest BCUT2D eigenvalue weighted by Crippen LogP contribution is 2.31. The molecule has 1 aromatic carbocycles. The maximum absolute atomic E-state index is 12.7. The third-order valence-corrected chi connectivity index (χ3v) is 4.43. The molecule has 124 valence electrons. The van der Waals surface area contributed by atoms with Gasteiger partial charge in [0.1, 0.15) is 5.75 Å². The molecule has 23 heavy (non-hydrogen) atoms. The monoisotopic (exact) mass is 315 g/mol. The average Bonchev–Trinajstić information content (AvgIpc) is 2.77. The summed E-state index contributed by atoms with van der Waals surface area (Å²) in [6.45, 7) is 8.25. The van der Waals surface area contributed by atoms with E-state index in [2.05, 4.69) is 10.4 Å². The van der Waals surface area contributed by atoms with Crippen molar-refractivity contribution in [2.45, 2.75) is 39.7 Å². The number of carbonyl (C=O) groups is 1. The highest BCUT2D eigenvalue weighted by atomic mass is 16.5. The van der Waals surface area contributed by atoms with Gasteiger partial charge in [-0.05, 0) is 33.8 Å². The molecule has 1 N–H and O–H groups in total. The number of amides is 1. The summed E-state index contributed by atoms with van der Waals surface area (Å²) in [5.74, 6) is 0.686. The number of carbonyl (C=O) groups excluding carboxylic acids is 1. The van der Waals surface area contributed by atoms with E-state index in [1.165, 1.54) is 0 Å². The number of para-hydroxylation sites is 1. The summed E-state index contributed by atoms with van der Waals surface area (Å²) in [6.07, 6.45) is 0. The quantitative estimate of drug-likeness (QED) is 0.923. The lowest BCUT2D eigenvalue weighted by molar-refractivity contribution is -0.125. The summed E-state index contributed by atoms with van der Waals surface area (Å²) in [6, 6.07) is 7.62. The van der Waals surface area contributed by atoms with Crippen LogP contribution < -0.4 is 10.1 Å². The molecule has 1 amide bonds. The van der Waals surface area contributed by atoms with Crippen molar-refractivity contribution in [2.24, 2.45) is 7.05 Å². The van der Waals surface area contributed by atoms with Gasteiger partial charge in [0, 0.05) is 30.4 Å². The van der Waals surface area contributed by atoms with Crippen molar-refractivity contribution in [3.63, 3.8) is 0 Å². The first-order chi connectivity index (χ1) is 10.8. The van der Waals surface area contributed by atoms with Crippen molar-refractivity contribution in [2.75, 3.05) is 7.11 Å². The molecule has 0 unspecified atom stereocenters. The van der Waals surface area contributed by atoms with Crippen LogP contribution in [-0.2, 0) is 23.8 Å². The lowest BCUT2D eigenvalue weighted by atomic mass is 9.83. The first-order valence-electron chi connectivity index (χ1n) is 7.70. The molecule has 0 spiro atoms. The van der Waals surface area contributed by atoms with Gasteiger partial charge >= 0.3 is 0 Å². The van der Waals surface area contributed by atoms with E-state index in [-0.39, 0.29) is 5.91 Å². The highest BCUT2D eigenvalue weighted by Gasteiger charge is 2.32. The zero-order chi connectivity index (χ0) is 17.2. The Morgan fingerprint density at radius 1 is 1.30 bits per heavy atom. The van der Waals surface area contributed by atoms with Crippen LogP contribution in [0.3, 0.4) is 0 Å². The maximum atomic E-state index is 12.7. The molecule has 0 saturated heterocycles. The molecular formula is C18H25N3O2. The predicted octanol–water partition coefficient (Wildman–Crippen LogP) is 2.64. The van der Waals surface area contributed by atoms with E-state index in [1.807, 2.05) is 63.7 Å². The number of aryl methyl sites for hydroxylation is 2. The predicted molar refractivity (Wildman–Crippen MR) is 90.5 cm³/mol. The molecule has 2 aromatic rings. The molecule has 5 heteroatoms. The van der Waals surface area contributed by atoms with Gasteiger partial charge in [0.25, 0.3) is 0 Å². The van der Waals surface area contributed by atoms with Crippen LogP contribution in [-0.4, -0.2) is 22.8 Å². The van der Waals surface area contributed by atoms with E-state index in [9.17, 15) is 4.79 Å². The van der Waals surface area contributed by atoms with E-state index in [1.54, 1.807) is 7.11 Å². The van der Waals surface area contributed by atoms with Gasteiger partial charge in [-0.15, -0.1) is 0 Å². The number of rotatable bonds is 5. The fourth-order valence-electron chi connectivity index (χ4n) is 2.75. The third-order valence-electron chi connectivity index (χ3n) is 4.43. The molecule has 1 heterocycles. The number of aromatic nitrogens is 2. The number of ether oxygens (including phenoxy) is 1. The van der Waals surface area contributed by atoms with Gasteiger partial charge in [0.2, 0.25) is 5.91 Å². The van der Waals surface area contributed by atoms with E-state index in [0.29, 0.717) is 6.54 Å². The lowest BCUT2D eigenvalue weighted by Gasteiger charge is -2.26. The third kappa shape index (κ3) is 3.23. The van der Waals surface area contributed by atoms with Gasteiger partial charge in [-0.25, -0.2) is 0 Å². The molecular weight excluding hydrogens is 290 g/mol. The van der Waals surface area contributed by atoms with Crippen LogP contribution in [0.2, 0.25) is 0 Å². The first-order valence-corrected chi connectivity index (χ1v) is 7.70. The van der Waals surface area contributed by atoms with Gasteiger partial charge in [0.05, 0.1) is 18.2 Å². The van der Waals surface area contributed by atoms with Crippen LogP contribution in [0.25, 0.3) is 0 Å². The minimum Gasteiger partial charge on any atom is -0.496 e. The number of methoxy groups -OCH3 is 1. The Labute approximate surface area is 137 Å². The number of hydrogen-bond donors (Lipinski definition) is 1. The van der Waals surface area contributed by atoms with Gasteiger partial charge in [0.15, 0.2) is 0 Å². The van der Waals surface area contributed by atoms with Crippen molar-refractivity contribution >= 4 is 5.91 Å². The Morgan fingerprint density at radius 2 is 1.96 bits per heavy atom. The first kappa shape index (κ1) is 17.1. The zero-order valence-electron chi connectivity index (χ0n) is 14.7. The zero-order valence-corrected chi connectivity index (χ0v) is 14.7. The minimum atomic E-state index is -0.684. The van der Waals surface area contributed by atoms with Gasteiger partial charge in [-0.2, -0.15) is 5.10 Å². The van der Waals surface area contributed by atoms with Crippen LogP contribution in [0.5, 0.6) is 5.75 Å². The summed E-state index contributed by atoms with van der Waals surface area (Å²) in [4.78, 5) is 12.7. The van der Waals surface area contributed by atoms with Gasteiger partial charge < -0.3 is 10.1 Å². The van der Waals surface area contributed by atoms with Crippen molar-refractivity contribution in [1.29, 1.82) is 0 Å². The van der Waals surface area contributed by atoms with Crippen molar-refractivity contribution in [1.82, 2.24) is 15.1 Å². The van der Waals surface area contributed by atoms with Gasteiger partial charge in [-0.3, -0.25) is 9.48 Å². The fraction of sp³-hybridized carbons (Fsp3) is 0.444. The summed E-state index contributed by atoms with van der Waals surface area (Å²) in [7, 11) is 3.53. The average molecular weight is 315 g/mol. The van der Waals surface area contributed by atoms with E-state index < -0.39 is 5.41 Å². The van der Waals surface area contributed by atoms with Gasteiger partial charge in [-0.1, -0.05) is 18.2 Å². The number of nitrogens with zero attached hydrogens (tertiary/aromatic N) is 2. The van der Waals surface area contributed by atoms with Crippen molar-refractivity contribution < 1.29 is 9.53 Å². The van der Waals surface area contributed by atoms with Crippen LogP contribution in [0, 0.1) is 13.8 Å². The Kier molecular flexibility index (Phi) is 4.78. The molecule has 0 aliphatic carbocycles. The summed E-state index contributed by atoms with van der Waals surface area (Å²) in [5.41, 5.74) is 3.27. The summed E-state index contributed by atoms with van der Waals surface area (Å²) in [5, 5.41) is 7.42. The lowest BCUT2D eigenvalue weighted by Crippen LogP contribution is -2.40. The molecule has 2 rings (SSSR count). The molecule has 0 radical (unpaired) electrons. The fourth-order valence-corrected chi connectivity index (χ4v) is 2.75. The molecule has 5 nitrogen and oxygen atoms in total. The molecule has 0 atom stereocenters. The number of benzene rings is 1. The maximum Gasteiger partial charge on any atom is 0.230 e. The van der Waals surface area contributed by atoms with E-state index in [4.69, 9.17) is 4.74 Å². The second kappa shape index (κ2) is 6.44. The highest BCUT2D eigenvalue weighted by molar-refractivity contribution is 5.88. The van der Waals surface area contributed by atoms with Crippen LogP contribution in [0.4, 0.5) is 0 Å². The Bertz CT molecular complexity index is 717. The van der Waals surface area contributed by atoms with Crippen LogP contribution >= 0.6 is 0 Å². The summed E-state index contributed by atoms with van der Waals surface area (Å²) >= 11 is 0. The summed E-state index contributed by atoms with van der Waals surface area (Å²) < 4.78 is 7.23. The second-order valence-electron chi connectivity index (χ2n) is 6.28. The minimum absolute atomic E-state index is 0.0374. The molecule has 0 bridgehead atoms. The second-order valence-corrected chi connectivity index (χ2v) is 6.28. The van der Waals surface area contributed by atoms with Crippen molar-refractivity contribution in [3.05, 3.63) is 46.8 Å². The topological polar surface area (TPSA) is 56.1 Å². The van der Waals surface area contributed by atoms with Crippen LogP contribution in [0.15, 0.2) is 24.3 Å². The number of hydrogen-bond acceptors (Lipinski definition) is 3. The normalized spacial score (nSPS) is 11.4. The van der Waals surface area contributed by atoms with E-state index in [0.717, 1.165) is 28.3 Å². The molecule has 0 aliphatic heterocycles. The Balaban J connectivity index is 2.19. The molecule has 0 fully saturated rings. The smallest absolute Gasteiger partial charge is 0.230 e. The molecule has 0 aliphatic rings. The standard InChI is InChI=1S/C18H25N3O2/c1-12-14(13(2)21(5)20-12)11-19-17(22)18(3,4)15-9-7-8-10-16(15)23-6/h7-10H,11H2,1-6H3,(H,19,22). The number of nitrogens with one attached hydrogen (secondary N) is 1.